The fourth-order valence-corrected chi connectivity index (χ4v) is 4.16. The minimum absolute atomic E-state index is 0.444. The summed E-state index contributed by atoms with van der Waals surface area (Å²) in [7, 11) is 0. The van der Waals surface area contributed by atoms with Gasteiger partial charge in [0, 0.05) is 30.8 Å². The number of amides is 1. The predicted octanol–water partition coefficient (Wildman–Crippen LogP) is 1.81. The Morgan fingerprint density at radius 2 is 1.92 bits per heavy atom. The van der Waals surface area contributed by atoms with Gasteiger partial charge in [-0.25, -0.2) is 9.78 Å². The Hall–Kier alpha value is -4.95. The zero-order valence-electron chi connectivity index (χ0n) is 19.8. The lowest BCUT2D eigenvalue weighted by molar-refractivity contribution is 0.205. The molecular formula is C22H25N13O2. The Balaban J connectivity index is 0.000000655. The third-order valence-electron chi connectivity index (χ3n) is 5.91. The van der Waals surface area contributed by atoms with Gasteiger partial charge in [0.1, 0.15) is 0 Å². The summed E-state index contributed by atoms with van der Waals surface area (Å²) in [5.74, 6) is 1.30. The highest BCUT2D eigenvalue weighted by Gasteiger charge is 2.17. The fourth-order valence-electron chi connectivity index (χ4n) is 4.16. The monoisotopic (exact) mass is 503 g/mol. The topological polar surface area (TPSA) is 204 Å². The number of aryl methyl sites for hydroxylation is 2. The van der Waals surface area contributed by atoms with Crippen molar-refractivity contribution in [2.75, 3.05) is 5.32 Å². The Labute approximate surface area is 210 Å². The summed E-state index contributed by atoms with van der Waals surface area (Å²) in [6.07, 6.45) is 9.74. The molecule has 0 radical (unpaired) electrons. The first kappa shape index (κ1) is 23.8. The van der Waals surface area contributed by atoms with Gasteiger partial charge >= 0.3 is 6.09 Å². The van der Waals surface area contributed by atoms with E-state index >= 15 is 0 Å². The number of tetrazole rings is 1. The molecular weight excluding hydrogens is 478 g/mol. The number of carboxylic acid groups (broad SMARTS) is 1. The summed E-state index contributed by atoms with van der Waals surface area (Å²) in [6, 6.07) is 8.54. The van der Waals surface area contributed by atoms with E-state index in [0.717, 1.165) is 29.7 Å². The number of H-pyrrole nitrogens is 1. The van der Waals surface area contributed by atoms with Crippen LogP contribution in [0, 0.1) is 0 Å². The summed E-state index contributed by atoms with van der Waals surface area (Å²) < 4.78 is 3.62. The van der Waals surface area contributed by atoms with Crippen molar-refractivity contribution >= 4 is 23.2 Å². The van der Waals surface area contributed by atoms with E-state index in [1.807, 2.05) is 41.3 Å². The zero-order chi connectivity index (χ0) is 25.6. The summed E-state index contributed by atoms with van der Waals surface area (Å²) >= 11 is 0. The maximum atomic E-state index is 8.78. The van der Waals surface area contributed by atoms with Crippen LogP contribution >= 0.6 is 0 Å². The van der Waals surface area contributed by atoms with E-state index in [2.05, 4.69) is 57.1 Å². The van der Waals surface area contributed by atoms with Gasteiger partial charge in [0.2, 0.25) is 5.95 Å². The van der Waals surface area contributed by atoms with Gasteiger partial charge in [0.05, 0.1) is 18.1 Å². The minimum Gasteiger partial charge on any atom is -0.465 e. The van der Waals surface area contributed by atoms with E-state index in [0.29, 0.717) is 41.9 Å². The fraction of sp³-hybridized carbons (Fsp3) is 0.318. The molecule has 0 atom stereocenters. The van der Waals surface area contributed by atoms with Crippen LogP contribution in [0.1, 0.15) is 31.5 Å². The van der Waals surface area contributed by atoms with E-state index < -0.39 is 6.09 Å². The number of nitrogens with one attached hydrogen (secondary N) is 2. The first-order valence-corrected chi connectivity index (χ1v) is 11.7. The van der Waals surface area contributed by atoms with Crippen molar-refractivity contribution in [1.82, 2.24) is 55.4 Å². The van der Waals surface area contributed by atoms with Crippen LogP contribution in [0.5, 0.6) is 0 Å². The van der Waals surface area contributed by atoms with Gasteiger partial charge in [-0.3, -0.25) is 4.68 Å². The second-order valence-corrected chi connectivity index (χ2v) is 8.48. The molecule has 0 unspecified atom stereocenters. The lowest BCUT2D eigenvalue weighted by atomic mass is 10.1. The smallest absolute Gasteiger partial charge is 0.402 e. The molecule has 0 spiro atoms. The van der Waals surface area contributed by atoms with Gasteiger partial charge in [0.25, 0.3) is 0 Å². The van der Waals surface area contributed by atoms with Crippen molar-refractivity contribution in [3.05, 3.63) is 48.7 Å². The molecule has 15 nitrogen and oxygen atoms in total. The number of carbonyl (C=O) groups is 1. The minimum atomic E-state index is -1.33. The normalized spacial score (nSPS) is 13.4. The van der Waals surface area contributed by atoms with E-state index in [1.165, 1.54) is 12.8 Å². The molecule has 5 N–H and O–H groups in total. The predicted molar refractivity (Wildman–Crippen MR) is 132 cm³/mol. The maximum Gasteiger partial charge on any atom is 0.402 e. The number of benzene rings is 1. The molecule has 4 heterocycles. The Morgan fingerprint density at radius 3 is 2.65 bits per heavy atom. The molecule has 1 aliphatic carbocycles. The number of primary amides is 1. The number of nitrogens with two attached hydrogens (primary N) is 1. The molecule has 1 saturated carbocycles. The van der Waals surface area contributed by atoms with Crippen molar-refractivity contribution in [2.45, 2.75) is 44.7 Å². The van der Waals surface area contributed by atoms with E-state index in [4.69, 9.17) is 9.90 Å². The number of nitrogens with zero attached hydrogens (tertiary/aromatic N) is 10. The summed E-state index contributed by atoms with van der Waals surface area (Å²) in [5.41, 5.74) is 8.36. The lowest BCUT2D eigenvalue weighted by Crippen LogP contribution is -2.16. The third kappa shape index (κ3) is 5.83. The molecule has 0 aliphatic heterocycles. The van der Waals surface area contributed by atoms with Gasteiger partial charge < -0.3 is 16.2 Å². The van der Waals surface area contributed by atoms with Crippen LogP contribution in [-0.4, -0.2) is 72.6 Å². The molecule has 15 heteroatoms. The number of hydrogen-bond acceptors (Lipinski definition) is 10. The van der Waals surface area contributed by atoms with E-state index in [9.17, 15) is 0 Å². The molecule has 1 aliphatic rings. The van der Waals surface area contributed by atoms with Crippen LogP contribution < -0.4 is 11.1 Å². The highest BCUT2D eigenvalue weighted by molar-refractivity contribution is 5.72. The highest BCUT2D eigenvalue weighted by atomic mass is 16.4. The van der Waals surface area contributed by atoms with Crippen LogP contribution in [0.4, 0.5) is 10.7 Å². The average Bonchev–Trinajstić information content (AvgIpc) is 3.70. The van der Waals surface area contributed by atoms with E-state index in [1.54, 1.807) is 10.9 Å². The molecule has 37 heavy (non-hydrogen) atoms. The van der Waals surface area contributed by atoms with Gasteiger partial charge in [-0.2, -0.15) is 20.0 Å². The van der Waals surface area contributed by atoms with Crippen molar-refractivity contribution in [2.24, 2.45) is 5.73 Å². The third-order valence-corrected chi connectivity index (χ3v) is 5.91. The Bertz CT molecular complexity index is 1450. The molecule has 6 rings (SSSR count). The Kier molecular flexibility index (Phi) is 6.91. The summed E-state index contributed by atoms with van der Waals surface area (Å²) in [4.78, 5) is 17.9. The average molecular weight is 504 g/mol. The molecule has 0 saturated heterocycles. The number of aromatic amines is 1. The van der Waals surface area contributed by atoms with Gasteiger partial charge in [-0.1, -0.05) is 35.4 Å². The summed E-state index contributed by atoms with van der Waals surface area (Å²) in [5, 5.41) is 37.6. The molecule has 5 aromatic rings. The molecule has 190 valence electrons. The van der Waals surface area contributed by atoms with Crippen LogP contribution in [0.2, 0.25) is 0 Å². The molecule has 4 aromatic heterocycles. The SMILES string of the molecule is NC(=O)O.c1cc(-n2nnc3cnc(NC4CCCC4)nc32)ccc1-c1cnn(CCc2nn[nH]n2)c1. The van der Waals surface area contributed by atoms with Gasteiger partial charge in [-0.15, -0.1) is 15.3 Å². The van der Waals surface area contributed by atoms with Crippen LogP contribution in [0.15, 0.2) is 42.9 Å². The number of hydrogen-bond donors (Lipinski definition) is 4. The van der Waals surface area contributed by atoms with E-state index in [-0.39, 0.29) is 0 Å². The first-order valence-electron chi connectivity index (χ1n) is 11.7. The van der Waals surface area contributed by atoms with Crippen molar-refractivity contribution in [1.29, 1.82) is 0 Å². The van der Waals surface area contributed by atoms with Crippen LogP contribution in [0.25, 0.3) is 28.0 Å². The number of anilines is 1. The van der Waals surface area contributed by atoms with Crippen molar-refractivity contribution in [3.63, 3.8) is 0 Å². The Morgan fingerprint density at radius 1 is 1.14 bits per heavy atom. The second-order valence-electron chi connectivity index (χ2n) is 8.48. The van der Waals surface area contributed by atoms with Gasteiger partial charge in [0.15, 0.2) is 17.0 Å². The zero-order valence-corrected chi connectivity index (χ0v) is 19.8. The van der Waals surface area contributed by atoms with Crippen molar-refractivity contribution in [3.8, 4) is 16.8 Å². The van der Waals surface area contributed by atoms with Crippen molar-refractivity contribution < 1.29 is 9.90 Å². The standard InChI is InChI=1S/C21H22N12.CH3NO2/c1-2-4-16(3-1)24-21-22-12-18-20(25-21)33(31-26-18)17-7-5-14(6-8-17)15-11-23-32(13-15)10-9-19-27-29-30-28-19;2-1(3)4/h5-8,11-13,16H,1-4,9-10H2,(H,22,24,25)(H,27,28,29,30);2H2,(H,3,4). The van der Waals surface area contributed by atoms with Crippen LogP contribution in [0.3, 0.4) is 0 Å². The highest BCUT2D eigenvalue weighted by Crippen LogP contribution is 2.24. The quantitative estimate of drug-likeness (QED) is 0.252. The first-order chi connectivity index (χ1) is 18.0. The maximum absolute atomic E-state index is 8.78. The largest absolute Gasteiger partial charge is 0.465 e. The lowest BCUT2D eigenvalue weighted by Gasteiger charge is -2.11. The molecule has 1 amide bonds. The molecule has 1 fully saturated rings. The van der Waals surface area contributed by atoms with Crippen LogP contribution in [-0.2, 0) is 13.0 Å². The number of rotatable bonds is 7. The summed E-state index contributed by atoms with van der Waals surface area (Å²) in [6.45, 7) is 0.680. The second kappa shape index (κ2) is 10.8. The number of fused-ring (bicyclic) bond motifs is 1. The molecule has 0 bridgehead atoms. The van der Waals surface area contributed by atoms with Gasteiger partial charge in [-0.05, 0) is 30.5 Å². The number of aromatic nitrogens is 11. The molecule has 1 aromatic carbocycles.